The number of hydrogen-bond donors (Lipinski definition) is 2. The summed E-state index contributed by atoms with van der Waals surface area (Å²) in [5, 5.41) is 16.3. The predicted octanol–water partition coefficient (Wildman–Crippen LogP) is 1.75. The molecule has 0 aliphatic heterocycles. The highest BCUT2D eigenvalue weighted by Crippen LogP contribution is 2.14. The number of pyridine rings is 1. The average molecular weight is 367 g/mol. The number of rotatable bonds is 6. The van der Waals surface area contributed by atoms with Gasteiger partial charge in [0, 0.05) is 43.3 Å². The molecule has 3 rings (SSSR count). The number of nitrogens with zero attached hydrogens (tertiary/aromatic N) is 3. The SMILES string of the molecule is Cc1ccc2ncc(C(=O)NCCNc3ccc([N+](=O)[O-])cc3)c(=O)n2c1. The van der Waals surface area contributed by atoms with E-state index in [1.54, 1.807) is 24.4 Å². The summed E-state index contributed by atoms with van der Waals surface area (Å²) in [5.41, 5.74) is 1.60. The second-order valence-corrected chi connectivity index (χ2v) is 5.90. The maximum atomic E-state index is 12.5. The van der Waals surface area contributed by atoms with E-state index in [1.807, 2.05) is 13.0 Å². The maximum Gasteiger partial charge on any atom is 0.270 e. The van der Waals surface area contributed by atoms with E-state index in [9.17, 15) is 19.7 Å². The van der Waals surface area contributed by atoms with Crippen molar-refractivity contribution >= 4 is 22.9 Å². The Morgan fingerprint density at radius 1 is 1.19 bits per heavy atom. The Balaban J connectivity index is 1.59. The molecule has 0 unspecified atom stereocenters. The fraction of sp³-hybridized carbons (Fsp3) is 0.167. The first-order valence-electron chi connectivity index (χ1n) is 8.20. The van der Waals surface area contributed by atoms with Gasteiger partial charge in [0.15, 0.2) is 0 Å². The molecule has 0 saturated heterocycles. The van der Waals surface area contributed by atoms with Gasteiger partial charge in [0.25, 0.3) is 17.2 Å². The molecule has 2 N–H and O–H groups in total. The minimum absolute atomic E-state index is 0.00775. The summed E-state index contributed by atoms with van der Waals surface area (Å²) in [6.07, 6.45) is 2.91. The number of benzene rings is 1. The van der Waals surface area contributed by atoms with E-state index in [2.05, 4.69) is 15.6 Å². The van der Waals surface area contributed by atoms with Crippen molar-refractivity contribution in [3.8, 4) is 0 Å². The van der Waals surface area contributed by atoms with E-state index in [1.165, 1.54) is 22.7 Å². The number of nitro groups is 1. The predicted molar refractivity (Wildman–Crippen MR) is 100 cm³/mol. The topological polar surface area (TPSA) is 119 Å². The fourth-order valence-electron chi connectivity index (χ4n) is 2.52. The molecule has 0 spiro atoms. The average Bonchev–Trinajstić information content (AvgIpc) is 2.66. The summed E-state index contributed by atoms with van der Waals surface area (Å²) in [5.74, 6) is -0.506. The van der Waals surface area contributed by atoms with Crippen LogP contribution in [0.4, 0.5) is 11.4 Å². The lowest BCUT2D eigenvalue weighted by Crippen LogP contribution is -2.34. The highest BCUT2D eigenvalue weighted by atomic mass is 16.6. The van der Waals surface area contributed by atoms with Crippen LogP contribution in [0.15, 0.2) is 53.6 Å². The van der Waals surface area contributed by atoms with Crippen LogP contribution >= 0.6 is 0 Å². The number of amides is 1. The molecule has 2 heterocycles. The van der Waals surface area contributed by atoms with Crippen LogP contribution in [0.5, 0.6) is 0 Å². The van der Waals surface area contributed by atoms with Crippen molar-refractivity contribution in [2.24, 2.45) is 0 Å². The Kier molecular flexibility index (Phi) is 5.11. The molecule has 1 aromatic carbocycles. The normalized spacial score (nSPS) is 10.6. The highest BCUT2D eigenvalue weighted by Gasteiger charge is 2.12. The quantitative estimate of drug-likeness (QED) is 0.389. The van der Waals surface area contributed by atoms with E-state index in [0.29, 0.717) is 17.9 Å². The van der Waals surface area contributed by atoms with Crippen LogP contribution in [0.25, 0.3) is 5.65 Å². The molecule has 0 bridgehead atoms. The Morgan fingerprint density at radius 2 is 1.93 bits per heavy atom. The third kappa shape index (κ3) is 4.09. The van der Waals surface area contributed by atoms with Crippen LogP contribution < -0.4 is 16.2 Å². The van der Waals surface area contributed by atoms with Gasteiger partial charge < -0.3 is 10.6 Å². The number of fused-ring (bicyclic) bond motifs is 1. The Hall–Kier alpha value is -3.75. The van der Waals surface area contributed by atoms with Crippen molar-refractivity contribution in [3.05, 3.63) is 80.4 Å². The van der Waals surface area contributed by atoms with E-state index in [4.69, 9.17) is 0 Å². The van der Waals surface area contributed by atoms with E-state index in [0.717, 1.165) is 5.56 Å². The van der Waals surface area contributed by atoms with Gasteiger partial charge >= 0.3 is 0 Å². The second-order valence-electron chi connectivity index (χ2n) is 5.90. The molecule has 0 radical (unpaired) electrons. The molecule has 138 valence electrons. The van der Waals surface area contributed by atoms with Gasteiger partial charge in [-0.15, -0.1) is 0 Å². The molecule has 27 heavy (non-hydrogen) atoms. The third-order valence-corrected chi connectivity index (χ3v) is 3.91. The van der Waals surface area contributed by atoms with Gasteiger partial charge in [-0.25, -0.2) is 4.98 Å². The Morgan fingerprint density at radius 3 is 2.63 bits per heavy atom. The summed E-state index contributed by atoms with van der Waals surface area (Å²) in [6, 6.07) is 9.51. The summed E-state index contributed by atoms with van der Waals surface area (Å²) in [6.45, 7) is 2.51. The lowest BCUT2D eigenvalue weighted by molar-refractivity contribution is -0.384. The van der Waals surface area contributed by atoms with Gasteiger partial charge in [-0.3, -0.25) is 24.1 Å². The van der Waals surface area contributed by atoms with Gasteiger partial charge in [0.2, 0.25) is 0 Å². The van der Waals surface area contributed by atoms with Crippen molar-refractivity contribution in [1.29, 1.82) is 0 Å². The van der Waals surface area contributed by atoms with Crippen LogP contribution in [0.3, 0.4) is 0 Å². The van der Waals surface area contributed by atoms with Gasteiger partial charge in [-0.05, 0) is 30.7 Å². The summed E-state index contributed by atoms with van der Waals surface area (Å²) < 4.78 is 1.35. The highest BCUT2D eigenvalue weighted by molar-refractivity contribution is 5.93. The van der Waals surface area contributed by atoms with E-state index >= 15 is 0 Å². The first kappa shape index (κ1) is 18.1. The lowest BCUT2D eigenvalue weighted by atomic mass is 10.2. The van der Waals surface area contributed by atoms with Gasteiger partial charge in [0.1, 0.15) is 11.2 Å². The molecule has 9 heteroatoms. The number of carbonyl (C=O) groups is 1. The number of hydrogen-bond acceptors (Lipinski definition) is 6. The zero-order chi connectivity index (χ0) is 19.4. The van der Waals surface area contributed by atoms with Crippen LogP contribution in [-0.4, -0.2) is 33.3 Å². The number of anilines is 1. The van der Waals surface area contributed by atoms with E-state index in [-0.39, 0.29) is 17.8 Å². The van der Waals surface area contributed by atoms with Crippen LogP contribution in [0.1, 0.15) is 15.9 Å². The van der Waals surface area contributed by atoms with Crippen LogP contribution in [0.2, 0.25) is 0 Å². The van der Waals surface area contributed by atoms with Crippen molar-refractivity contribution in [2.75, 3.05) is 18.4 Å². The molecule has 0 fully saturated rings. The Labute approximate surface area is 153 Å². The molecular weight excluding hydrogens is 350 g/mol. The first-order chi connectivity index (χ1) is 13.0. The zero-order valence-electron chi connectivity index (χ0n) is 14.5. The number of aromatic nitrogens is 2. The molecule has 3 aromatic rings. The molecule has 9 nitrogen and oxygen atoms in total. The molecule has 0 saturated carbocycles. The van der Waals surface area contributed by atoms with Crippen molar-refractivity contribution in [2.45, 2.75) is 6.92 Å². The smallest absolute Gasteiger partial charge is 0.270 e. The fourth-order valence-corrected chi connectivity index (χ4v) is 2.52. The summed E-state index contributed by atoms with van der Waals surface area (Å²) in [7, 11) is 0. The Bertz CT molecular complexity index is 1060. The van der Waals surface area contributed by atoms with Crippen molar-refractivity contribution in [1.82, 2.24) is 14.7 Å². The summed E-state index contributed by atoms with van der Waals surface area (Å²) in [4.78, 5) is 39.0. The largest absolute Gasteiger partial charge is 0.383 e. The zero-order valence-corrected chi connectivity index (χ0v) is 14.5. The number of non-ortho nitro benzene ring substituents is 1. The molecule has 2 aromatic heterocycles. The first-order valence-corrected chi connectivity index (χ1v) is 8.20. The second kappa shape index (κ2) is 7.65. The van der Waals surface area contributed by atoms with Gasteiger partial charge in [0.05, 0.1) is 4.92 Å². The number of nitro benzene ring substituents is 1. The summed E-state index contributed by atoms with van der Waals surface area (Å²) >= 11 is 0. The number of nitrogens with one attached hydrogen (secondary N) is 2. The third-order valence-electron chi connectivity index (χ3n) is 3.91. The van der Waals surface area contributed by atoms with Crippen LogP contribution in [0, 0.1) is 17.0 Å². The number of aryl methyl sites for hydroxylation is 1. The van der Waals surface area contributed by atoms with Gasteiger partial charge in [-0.1, -0.05) is 6.07 Å². The minimum Gasteiger partial charge on any atom is -0.383 e. The standard InChI is InChI=1S/C18H17N5O4/c1-12-2-7-16-21-10-15(18(25)22(16)11-12)17(24)20-9-8-19-13-3-5-14(6-4-13)23(26)27/h2-7,10-11,19H,8-9H2,1H3,(H,20,24). The van der Waals surface area contributed by atoms with Crippen molar-refractivity contribution in [3.63, 3.8) is 0 Å². The van der Waals surface area contributed by atoms with E-state index < -0.39 is 16.4 Å². The monoisotopic (exact) mass is 367 g/mol. The van der Waals surface area contributed by atoms with Gasteiger partial charge in [-0.2, -0.15) is 0 Å². The molecule has 0 aliphatic carbocycles. The minimum atomic E-state index is -0.506. The molecule has 1 amide bonds. The number of carbonyl (C=O) groups excluding carboxylic acids is 1. The molecular formula is C18H17N5O4. The maximum absolute atomic E-state index is 12.5. The van der Waals surface area contributed by atoms with Crippen molar-refractivity contribution < 1.29 is 9.72 Å². The lowest BCUT2D eigenvalue weighted by Gasteiger charge is -2.08. The van der Waals surface area contributed by atoms with Crippen LogP contribution in [-0.2, 0) is 0 Å². The molecule has 0 atom stereocenters. The molecule has 0 aliphatic rings.